The van der Waals surface area contributed by atoms with Crippen molar-refractivity contribution in [2.75, 3.05) is 13.1 Å². The van der Waals surface area contributed by atoms with Crippen molar-refractivity contribution in [3.8, 4) is 11.9 Å². The summed E-state index contributed by atoms with van der Waals surface area (Å²) in [5.41, 5.74) is -2.77. The lowest BCUT2D eigenvalue weighted by molar-refractivity contribution is -0.163. The summed E-state index contributed by atoms with van der Waals surface area (Å²) in [5.74, 6) is -2.71. The summed E-state index contributed by atoms with van der Waals surface area (Å²) in [4.78, 5) is 47.0. The number of nitriles is 1. The van der Waals surface area contributed by atoms with E-state index in [1.54, 1.807) is 31.3 Å². The number of halogens is 7. The molecule has 17 heteroatoms. The number of nitrogens with one attached hydrogen (secondary N) is 1. The second-order valence-corrected chi connectivity index (χ2v) is 13.6. The van der Waals surface area contributed by atoms with Crippen molar-refractivity contribution in [2.45, 2.75) is 81.9 Å². The molecule has 0 bridgehead atoms. The van der Waals surface area contributed by atoms with Crippen molar-refractivity contribution < 1.29 is 45.5 Å². The lowest BCUT2D eigenvalue weighted by Gasteiger charge is -2.51. The molecule has 1 saturated heterocycles. The van der Waals surface area contributed by atoms with Gasteiger partial charge < -0.3 is 14.5 Å². The molecular formula is C34H32ClF6N5O4S. The number of carbonyl (C=O) groups excluding carboxylic acids is 3. The minimum absolute atomic E-state index is 0.0323. The van der Waals surface area contributed by atoms with E-state index in [-0.39, 0.29) is 50.9 Å². The van der Waals surface area contributed by atoms with Gasteiger partial charge in [0.1, 0.15) is 16.3 Å². The number of hydrogen-bond donors (Lipinski definition) is 1. The van der Waals surface area contributed by atoms with Crippen molar-refractivity contribution >= 4 is 40.7 Å². The number of ether oxygens (including phenoxy) is 1. The third-order valence-corrected chi connectivity index (χ3v) is 10.3. The Morgan fingerprint density at radius 1 is 1.10 bits per heavy atom. The number of likely N-dealkylation sites (tertiary alicyclic amines) is 1. The second-order valence-electron chi connectivity index (χ2n) is 12.2. The lowest BCUT2D eigenvalue weighted by atomic mass is 9.78. The molecule has 5 rings (SSSR count). The number of amides is 3. The molecule has 0 saturated carbocycles. The Morgan fingerprint density at radius 3 is 2.53 bits per heavy atom. The number of carbonyl (C=O) groups is 3. The van der Waals surface area contributed by atoms with Crippen LogP contribution in [0.4, 0.5) is 26.3 Å². The fourth-order valence-electron chi connectivity index (χ4n) is 6.95. The standard InChI is InChI=1S/C34H32ClF6N5O4S/c1-2-5-26-32(50-22-17-27(51-18-22)34(39,40)41,12-4-14-46(26)30(48)29-24(33(36,37)38)6-3-13-43-29)31(49)45-15-11-20-16-21(35)7-8-23(20)25(45)9-10-28(47)44-19-42/h3,6-8,13,16-18,25-26H,2,4-5,9-12,14-15H2,1H3,(H,44,47)/t25-,26-,32-/m1/s1. The number of thiophene rings is 1. The third kappa shape index (κ3) is 7.94. The molecular weight excluding hydrogens is 724 g/mol. The lowest BCUT2D eigenvalue weighted by Crippen LogP contribution is -2.68. The SMILES string of the molecule is CCC[C@H]1N(C(=O)c2ncccc2C(F)(F)F)CCC[C@]1(Oc1csc(C(F)(F)F)c1)C(=O)N1CCc2cc(Cl)ccc2[C@H]1CCC(=O)NC#N. The van der Waals surface area contributed by atoms with Gasteiger partial charge in [-0.15, -0.1) is 11.3 Å². The first kappa shape index (κ1) is 37.9. The van der Waals surface area contributed by atoms with Crippen LogP contribution < -0.4 is 10.1 Å². The summed E-state index contributed by atoms with van der Waals surface area (Å²) in [6.07, 6.45) is -6.56. The van der Waals surface area contributed by atoms with E-state index in [1.807, 2.05) is 5.32 Å². The van der Waals surface area contributed by atoms with Gasteiger partial charge in [-0.3, -0.25) is 24.7 Å². The number of pyridine rings is 1. The van der Waals surface area contributed by atoms with Crippen molar-refractivity contribution in [3.05, 3.63) is 80.3 Å². The summed E-state index contributed by atoms with van der Waals surface area (Å²) < 4.78 is 89.6. The monoisotopic (exact) mass is 755 g/mol. The van der Waals surface area contributed by atoms with Crippen LogP contribution in [0, 0.1) is 11.5 Å². The quantitative estimate of drug-likeness (QED) is 0.137. The molecule has 3 amide bonds. The highest BCUT2D eigenvalue weighted by Crippen LogP contribution is 2.45. The highest BCUT2D eigenvalue weighted by atomic mass is 35.5. The number of rotatable bonds is 9. The normalized spacial score (nSPS) is 20.7. The molecule has 2 aliphatic heterocycles. The molecule has 0 aliphatic carbocycles. The number of fused-ring (bicyclic) bond motifs is 1. The Morgan fingerprint density at radius 2 is 1.86 bits per heavy atom. The maximum absolute atomic E-state index is 15.2. The molecule has 0 unspecified atom stereocenters. The highest BCUT2D eigenvalue weighted by molar-refractivity contribution is 7.10. The predicted octanol–water partition coefficient (Wildman–Crippen LogP) is 7.56. The third-order valence-electron chi connectivity index (χ3n) is 9.08. The Hall–Kier alpha value is -4.36. The molecule has 51 heavy (non-hydrogen) atoms. The van der Waals surface area contributed by atoms with Gasteiger partial charge in [-0.1, -0.05) is 31.0 Å². The van der Waals surface area contributed by atoms with Gasteiger partial charge in [0.25, 0.3) is 11.8 Å². The van der Waals surface area contributed by atoms with E-state index in [1.165, 1.54) is 4.90 Å². The van der Waals surface area contributed by atoms with Gasteiger partial charge in [0, 0.05) is 48.6 Å². The molecule has 0 radical (unpaired) electrons. The van der Waals surface area contributed by atoms with Gasteiger partial charge in [0.2, 0.25) is 11.5 Å². The van der Waals surface area contributed by atoms with Crippen LogP contribution in [0.25, 0.3) is 0 Å². The van der Waals surface area contributed by atoms with Crippen LogP contribution in [-0.4, -0.2) is 57.2 Å². The molecule has 2 aliphatic rings. The summed E-state index contributed by atoms with van der Waals surface area (Å²) in [6.45, 7) is 1.72. The van der Waals surface area contributed by atoms with Crippen LogP contribution in [-0.2, 0) is 28.4 Å². The zero-order chi connectivity index (χ0) is 37.1. The smallest absolute Gasteiger partial charge is 0.425 e. The number of alkyl halides is 6. The number of aromatic nitrogens is 1. The molecule has 2 aromatic heterocycles. The van der Waals surface area contributed by atoms with E-state index in [9.17, 15) is 35.9 Å². The van der Waals surface area contributed by atoms with Crippen LogP contribution in [0.3, 0.4) is 0 Å². The van der Waals surface area contributed by atoms with Crippen LogP contribution in [0.1, 0.15) is 83.5 Å². The molecule has 1 aromatic carbocycles. The topological polar surface area (TPSA) is 116 Å². The maximum Gasteiger partial charge on any atom is 0.425 e. The fourth-order valence-corrected chi connectivity index (χ4v) is 7.82. The van der Waals surface area contributed by atoms with Gasteiger partial charge >= 0.3 is 12.4 Å². The maximum atomic E-state index is 15.2. The van der Waals surface area contributed by atoms with Gasteiger partial charge in [-0.25, -0.2) is 0 Å². The number of nitrogens with zero attached hydrogens (tertiary/aromatic N) is 4. The van der Waals surface area contributed by atoms with Crippen molar-refractivity contribution in [1.29, 1.82) is 5.26 Å². The summed E-state index contributed by atoms with van der Waals surface area (Å²) >= 11 is 6.61. The zero-order valence-corrected chi connectivity index (χ0v) is 28.7. The molecule has 3 atom stereocenters. The van der Waals surface area contributed by atoms with Crippen LogP contribution >= 0.6 is 22.9 Å². The zero-order valence-electron chi connectivity index (χ0n) is 27.1. The number of piperidine rings is 1. The first-order chi connectivity index (χ1) is 24.1. The summed E-state index contributed by atoms with van der Waals surface area (Å²) in [5, 5.41) is 12.5. The first-order valence-corrected chi connectivity index (χ1v) is 17.3. The molecule has 1 N–H and O–H groups in total. The number of benzene rings is 1. The average molecular weight is 756 g/mol. The average Bonchev–Trinajstić information content (AvgIpc) is 3.56. The van der Waals surface area contributed by atoms with E-state index < -0.39 is 63.9 Å². The van der Waals surface area contributed by atoms with E-state index >= 15 is 4.79 Å². The van der Waals surface area contributed by atoms with Crippen LogP contribution in [0.15, 0.2) is 48.0 Å². The van der Waals surface area contributed by atoms with Crippen molar-refractivity contribution in [1.82, 2.24) is 20.1 Å². The first-order valence-electron chi connectivity index (χ1n) is 16.1. The van der Waals surface area contributed by atoms with E-state index in [0.29, 0.717) is 34.8 Å². The van der Waals surface area contributed by atoms with Crippen molar-refractivity contribution in [3.63, 3.8) is 0 Å². The molecule has 4 heterocycles. The summed E-state index contributed by atoms with van der Waals surface area (Å²) in [7, 11) is 0. The largest absolute Gasteiger partial charge is 0.474 e. The van der Waals surface area contributed by atoms with Gasteiger partial charge in [-0.2, -0.15) is 31.6 Å². The van der Waals surface area contributed by atoms with Crippen LogP contribution in [0.5, 0.6) is 5.75 Å². The highest BCUT2D eigenvalue weighted by Gasteiger charge is 2.57. The molecule has 0 spiro atoms. The Labute approximate surface area is 298 Å². The molecule has 1 fully saturated rings. The van der Waals surface area contributed by atoms with Gasteiger partial charge in [-0.05, 0) is 61.1 Å². The van der Waals surface area contributed by atoms with Crippen molar-refractivity contribution in [2.24, 2.45) is 0 Å². The molecule has 9 nitrogen and oxygen atoms in total. The molecule has 272 valence electrons. The number of hydrogen-bond acceptors (Lipinski definition) is 7. The minimum atomic E-state index is -4.93. The molecule has 3 aromatic rings. The van der Waals surface area contributed by atoms with E-state index in [0.717, 1.165) is 40.2 Å². The van der Waals surface area contributed by atoms with E-state index in [2.05, 4.69) is 4.98 Å². The Balaban J connectivity index is 1.64. The Kier molecular flexibility index (Phi) is 11.2. The Bertz CT molecular complexity index is 1830. The second kappa shape index (κ2) is 15.1. The van der Waals surface area contributed by atoms with E-state index in [4.69, 9.17) is 21.6 Å². The van der Waals surface area contributed by atoms with Gasteiger partial charge in [0.05, 0.1) is 17.6 Å². The van der Waals surface area contributed by atoms with Gasteiger partial charge in [0.15, 0.2) is 6.19 Å². The fraction of sp³-hybridized carbons (Fsp3) is 0.441. The predicted molar refractivity (Wildman–Crippen MR) is 173 cm³/mol. The van der Waals surface area contributed by atoms with Crippen LogP contribution in [0.2, 0.25) is 5.02 Å². The summed E-state index contributed by atoms with van der Waals surface area (Å²) in [6, 6.07) is 5.53. The minimum Gasteiger partial charge on any atom is -0.474 e.